The highest BCUT2D eigenvalue weighted by atomic mass is 32.2. The van der Waals surface area contributed by atoms with E-state index in [0.717, 1.165) is 45.3 Å². The Balaban J connectivity index is 1.33. The molecule has 2 aromatic carbocycles. The summed E-state index contributed by atoms with van der Waals surface area (Å²) in [4.78, 5) is 2.53. The molecule has 0 radical (unpaired) electrons. The zero-order valence-electron chi connectivity index (χ0n) is 17.4. The molecule has 0 spiro atoms. The Hall–Kier alpha value is -1.78. The highest BCUT2D eigenvalue weighted by Crippen LogP contribution is 2.23. The van der Waals surface area contributed by atoms with Crippen LogP contribution in [0.3, 0.4) is 0 Å². The van der Waals surface area contributed by atoms with Crippen molar-refractivity contribution in [1.82, 2.24) is 14.3 Å². The van der Waals surface area contributed by atoms with Crippen LogP contribution in [0.5, 0.6) is 0 Å². The van der Waals surface area contributed by atoms with Gasteiger partial charge in [-0.15, -0.1) is 0 Å². The minimum atomic E-state index is -3.69. The lowest BCUT2D eigenvalue weighted by Gasteiger charge is -2.32. The fourth-order valence-electron chi connectivity index (χ4n) is 3.90. The summed E-state index contributed by atoms with van der Waals surface area (Å²) >= 11 is 0. The minimum absolute atomic E-state index is 0.00651. The molecule has 0 amide bonds. The van der Waals surface area contributed by atoms with Crippen molar-refractivity contribution in [1.29, 1.82) is 0 Å². The van der Waals surface area contributed by atoms with E-state index in [1.165, 1.54) is 29.8 Å². The molecule has 2 N–H and O–H groups in total. The third-order valence-electron chi connectivity index (χ3n) is 5.76. The van der Waals surface area contributed by atoms with Crippen molar-refractivity contribution in [3.8, 4) is 0 Å². The normalized spacial score (nSPS) is 20.6. The Kier molecular flexibility index (Phi) is 6.78. The SMILES string of the molecule is O=S(=O)(NCC1CCCN(Cc2ccccc2)C1)c1ccc(S(=O)(=O)NC2CC2)cc1. The second kappa shape index (κ2) is 9.38. The van der Waals surface area contributed by atoms with Crippen molar-refractivity contribution >= 4 is 20.0 Å². The molecule has 2 fully saturated rings. The lowest BCUT2D eigenvalue weighted by Crippen LogP contribution is -2.40. The van der Waals surface area contributed by atoms with E-state index in [4.69, 9.17) is 0 Å². The fourth-order valence-corrected chi connectivity index (χ4v) is 6.32. The summed E-state index contributed by atoms with van der Waals surface area (Å²) in [5.41, 5.74) is 1.26. The highest BCUT2D eigenvalue weighted by molar-refractivity contribution is 7.90. The van der Waals surface area contributed by atoms with E-state index in [9.17, 15) is 16.8 Å². The number of nitrogens with one attached hydrogen (secondary N) is 2. The van der Waals surface area contributed by atoms with Crippen LogP contribution in [0, 0.1) is 5.92 Å². The lowest BCUT2D eigenvalue weighted by atomic mass is 9.98. The molecule has 1 saturated carbocycles. The molecule has 1 atom stereocenters. The molecule has 1 unspecified atom stereocenters. The van der Waals surface area contributed by atoms with Crippen LogP contribution in [-0.2, 0) is 26.6 Å². The Labute approximate surface area is 185 Å². The predicted octanol–water partition coefficient (Wildman–Crippen LogP) is 2.32. The molecule has 2 aliphatic rings. The summed E-state index contributed by atoms with van der Waals surface area (Å²) in [7, 11) is -7.28. The molecule has 0 bridgehead atoms. The van der Waals surface area contributed by atoms with Gasteiger partial charge < -0.3 is 0 Å². The monoisotopic (exact) mass is 463 g/mol. The van der Waals surface area contributed by atoms with Gasteiger partial charge in [0, 0.05) is 25.7 Å². The smallest absolute Gasteiger partial charge is 0.240 e. The molecule has 0 aromatic heterocycles. The van der Waals surface area contributed by atoms with Gasteiger partial charge in [0.05, 0.1) is 9.79 Å². The van der Waals surface area contributed by atoms with Gasteiger partial charge in [-0.3, -0.25) is 4.90 Å². The van der Waals surface area contributed by atoms with Crippen molar-refractivity contribution in [3.63, 3.8) is 0 Å². The predicted molar refractivity (Wildman–Crippen MR) is 119 cm³/mol. The maximum Gasteiger partial charge on any atom is 0.240 e. The van der Waals surface area contributed by atoms with Crippen LogP contribution in [0.1, 0.15) is 31.2 Å². The highest BCUT2D eigenvalue weighted by Gasteiger charge is 2.28. The topological polar surface area (TPSA) is 95.6 Å². The molecule has 2 aromatic rings. The molecular weight excluding hydrogens is 434 g/mol. The summed E-state index contributed by atoms with van der Waals surface area (Å²) in [5, 5.41) is 0. The molecule has 1 aliphatic heterocycles. The number of piperidine rings is 1. The molecule has 31 heavy (non-hydrogen) atoms. The first kappa shape index (κ1) is 22.4. The van der Waals surface area contributed by atoms with Gasteiger partial charge in [0.1, 0.15) is 0 Å². The maximum absolute atomic E-state index is 12.7. The van der Waals surface area contributed by atoms with Crippen LogP contribution in [0.2, 0.25) is 0 Å². The van der Waals surface area contributed by atoms with E-state index in [-0.39, 0.29) is 21.8 Å². The number of nitrogens with zero attached hydrogens (tertiary/aromatic N) is 1. The van der Waals surface area contributed by atoms with E-state index in [0.29, 0.717) is 6.54 Å². The van der Waals surface area contributed by atoms with Gasteiger partial charge in [0.15, 0.2) is 0 Å². The number of likely N-dealkylation sites (tertiary alicyclic amines) is 1. The minimum Gasteiger partial charge on any atom is -0.299 e. The summed E-state index contributed by atoms with van der Waals surface area (Å²) < 4.78 is 55.2. The molecule has 7 nitrogen and oxygen atoms in total. The summed E-state index contributed by atoms with van der Waals surface area (Å²) in [6.45, 7) is 3.11. The van der Waals surface area contributed by atoms with Gasteiger partial charge in [-0.05, 0) is 68.0 Å². The molecule has 4 rings (SSSR count). The number of benzene rings is 2. The molecule has 9 heteroatoms. The summed E-state index contributed by atoms with van der Waals surface area (Å²) in [6, 6.07) is 15.7. The number of sulfonamides is 2. The van der Waals surface area contributed by atoms with E-state index in [1.807, 2.05) is 18.2 Å². The van der Waals surface area contributed by atoms with Gasteiger partial charge in [0.2, 0.25) is 20.0 Å². The lowest BCUT2D eigenvalue weighted by molar-refractivity contribution is 0.169. The largest absolute Gasteiger partial charge is 0.299 e. The zero-order valence-corrected chi connectivity index (χ0v) is 19.0. The van der Waals surface area contributed by atoms with Crippen LogP contribution in [0.25, 0.3) is 0 Å². The van der Waals surface area contributed by atoms with Crippen molar-refractivity contribution < 1.29 is 16.8 Å². The van der Waals surface area contributed by atoms with Crippen molar-refractivity contribution in [2.75, 3.05) is 19.6 Å². The van der Waals surface area contributed by atoms with Gasteiger partial charge >= 0.3 is 0 Å². The van der Waals surface area contributed by atoms with Gasteiger partial charge in [0.25, 0.3) is 0 Å². The van der Waals surface area contributed by atoms with E-state index in [2.05, 4.69) is 26.5 Å². The molecule has 168 valence electrons. The molecular formula is C22H29N3O4S2. The number of hydrogen-bond acceptors (Lipinski definition) is 5. The Bertz CT molecular complexity index is 1080. The van der Waals surface area contributed by atoms with Gasteiger partial charge in [-0.25, -0.2) is 26.3 Å². The van der Waals surface area contributed by atoms with Crippen LogP contribution in [-0.4, -0.2) is 47.4 Å². The van der Waals surface area contributed by atoms with Crippen molar-refractivity contribution in [2.24, 2.45) is 5.92 Å². The van der Waals surface area contributed by atoms with E-state index >= 15 is 0 Å². The third-order valence-corrected chi connectivity index (χ3v) is 8.73. The summed E-state index contributed by atoms with van der Waals surface area (Å²) in [6.07, 6.45) is 3.72. The van der Waals surface area contributed by atoms with Gasteiger partial charge in [-0.1, -0.05) is 30.3 Å². The molecule has 1 saturated heterocycles. The van der Waals surface area contributed by atoms with E-state index < -0.39 is 20.0 Å². The quantitative estimate of drug-likeness (QED) is 0.595. The van der Waals surface area contributed by atoms with Crippen molar-refractivity contribution in [3.05, 3.63) is 60.2 Å². The van der Waals surface area contributed by atoms with Crippen LogP contribution >= 0.6 is 0 Å². The van der Waals surface area contributed by atoms with Crippen LogP contribution in [0.4, 0.5) is 0 Å². The maximum atomic E-state index is 12.7. The fraction of sp³-hybridized carbons (Fsp3) is 0.455. The number of rotatable bonds is 9. The standard InChI is InChI=1S/C22H29N3O4S2/c26-30(27,21-10-12-22(13-11-21)31(28,29)24-20-8-9-20)23-15-19-7-4-14-25(17-19)16-18-5-2-1-3-6-18/h1-3,5-6,10-13,19-20,23-24H,4,7-9,14-17H2. The average Bonchev–Trinajstić information content (AvgIpc) is 3.57. The first-order chi connectivity index (χ1) is 14.8. The Morgan fingerprint density at radius 1 is 0.839 bits per heavy atom. The Morgan fingerprint density at radius 2 is 1.48 bits per heavy atom. The van der Waals surface area contributed by atoms with Gasteiger partial charge in [-0.2, -0.15) is 0 Å². The average molecular weight is 464 g/mol. The first-order valence-corrected chi connectivity index (χ1v) is 13.7. The Morgan fingerprint density at radius 3 is 2.13 bits per heavy atom. The second-order valence-corrected chi connectivity index (χ2v) is 11.9. The van der Waals surface area contributed by atoms with Crippen LogP contribution < -0.4 is 9.44 Å². The third kappa shape index (κ3) is 6.14. The molecule has 1 aliphatic carbocycles. The number of hydrogen-bond donors (Lipinski definition) is 2. The first-order valence-electron chi connectivity index (χ1n) is 10.7. The zero-order chi connectivity index (χ0) is 21.9. The second-order valence-electron chi connectivity index (χ2n) is 8.45. The summed E-state index contributed by atoms with van der Waals surface area (Å²) in [5.74, 6) is 0.245. The van der Waals surface area contributed by atoms with E-state index in [1.54, 1.807) is 0 Å². The van der Waals surface area contributed by atoms with Crippen LogP contribution in [0.15, 0.2) is 64.4 Å². The molecule has 1 heterocycles. The van der Waals surface area contributed by atoms with Crippen molar-refractivity contribution in [2.45, 2.75) is 48.1 Å².